The maximum atomic E-state index is 11.5. The Morgan fingerprint density at radius 1 is 1.33 bits per heavy atom. The minimum atomic E-state index is -1.70. The summed E-state index contributed by atoms with van der Waals surface area (Å²) in [5.74, 6) is -2.28. The second-order valence-corrected chi connectivity index (χ2v) is 4.18. The van der Waals surface area contributed by atoms with E-state index in [1.165, 1.54) is 18.2 Å². The fourth-order valence-corrected chi connectivity index (χ4v) is 2.09. The van der Waals surface area contributed by atoms with Crippen LogP contribution in [0.25, 0.3) is 0 Å². The van der Waals surface area contributed by atoms with Crippen molar-refractivity contribution in [1.29, 1.82) is 0 Å². The molecule has 0 spiro atoms. The Labute approximate surface area is 88.4 Å². The number of carboxylic acid groups (broad SMARTS) is 1. The minimum Gasteiger partial charge on any atom is -0.478 e. The van der Waals surface area contributed by atoms with Crippen LogP contribution < -0.4 is 5.73 Å². The quantitative estimate of drug-likeness (QED) is 0.755. The first-order chi connectivity index (χ1) is 7.02. The van der Waals surface area contributed by atoms with E-state index in [0.717, 1.165) is 0 Å². The van der Waals surface area contributed by atoms with Crippen molar-refractivity contribution in [2.75, 3.05) is 5.75 Å². The van der Waals surface area contributed by atoms with Crippen LogP contribution in [-0.2, 0) is 15.6 Å². The van der Waals surface area contributed by atoms with Crippen molar-refractivity contribution in [3.8, 4) is 0 Å². The molecule has 0 aliphatic carbocycles. The summed E-state index contributed by atoms with van der Waals surface area (Å²) in [6.45, 7) is 0. The highest BCUT2D eigenvalue weighted by molar-refractivity contribution is 7.85. The Kier molecular flexibility index (Phi) is 3.56. The number of hydrogen-bond donors (Lipinski definition) is 2. The van der Waals surface area contributed by atoms with Gasteiger partial charge in [-0.15, -0.1) is 0 Å². The third-order valence-corrected chi connectivity index (χ3v) is 3.03. The molecular formula is C9H9NO4S. The number of carbonyl (C=O) groups excluding carboxylic acids is 1. The number of hydrogen-bond acceptors (Lipinski definition) is 3. The van der Waals surface area contributed by atoms with Crippen molar-refractivity contribution in [2.45, 2.75) is 4.90 Å². The van der Waals surface area contributed by atoms with Gasteiger partial charge in [0.2, 0.25) is 5.91 Å². The molecule has 80 valence electrons. The summed E-state index contributed by atoms with van der Waals surface area (Å²) in [5, 5.41) is 8.80. The number of primary amides is 1. The van der Waals surface area contributed by atoms with E-state index in [4.69, 9.17) is 10.8 Å². The van der Waals surface area contributed by atoms with E-state index in [1.807, 2.05) is 0 Å². The molecule has 5 nitrogen and oxygen atoms in total. The highest BCUT2D eigenvalue weighted by Crippen LogP contribution is 2.13. The molecule has 15 heavy (non-hydrogen) atoms. The van der Waals surface area contributed by atoms with Gasteiger partial charge in [-0.1, -0.05) is 12.1 Å². The van der Waals surface area contributed by atoms with Gasteiger partial charge in [0.25, 0.3) is 0 Å². The van der Waals surface area contributed by atoms with Gasteiger partial charge in [0.05, 0.1) is 21.3 Å². The van der Waals surface area contributed by atoms with Crippen molar-refractivity contribution in [1.82, 2.24) is 0 Å². The van der Waals surface area contributed by atoms with Gasteiger partial charge < -0.3 is 10.8 Å². The number of benzene rings is 1. The number of nitrogens with two attached hydrogens (primary N) is 1. The van der Waals surface area contributed by atoms with Crippen molar-refractivity contribution in [3.05, 3.63) is 29.8 Å². The number of carboxylic acids is 1. The Morgan fingerprint density at radius 2 is 1.93 bits per heavy atom. The van der Waals surface area contributed by atoms with Crippen LogP contribution in [0.5, 0.6) is 0 Å². The standard InChI is InChI=1S/C9H9NO4S/c10-8(11)5-15(14)7-4-2-1-3-6(7)9(12)13/h1-4H,5H2,(H2,10,11)(H,12,13)/t15-/m0/s1. The Morgan fingerprint density at radius 3 is 2.47 bits per heavy atom. The van der Waals surface area contributed by atoms with Crippen LogP contribution >= 0.6 is 0 Å². The van der Waals surface area contributed by atoms with E-state index in [9.17, 15) is 13.8 Å². The average Bonchev–Trinajstić information content (AvgIpc) is 2.16. The molecule has 6 heteroatoms. The topological polar surface area (TPSA) is 97.5 Å². The van der Waals surface area contributed by atoms with Gasteiger partial charge in [-0.05, 0) is 12.1 Å². The van der Waals surface area contributed by atoms with Crippen LogP contribution in [0.15, 0.2) is 29.2 Å². The summed E-state index contributed by atoms with van der Waals surface area (Å²) < 4.78 is 11.5. The van der Waals surface area contributed by atoms with E-state index in [2.05, 4.69) is 0 Å². The van der Waals surface area contributed by atoms with E-state index >= 15 is 0 Å². The lowest BCUT2D eigenvalue weighted by atomic mass is 10.2. The van der Waals surface area contributed by atoms with Crippen LogP contribution in [0.1, 0.15) is 10.4 Å². The molecule has 0 aliphatic heterocycles. The lowest BCUT2D eigenvalue weighted by Crippen LogP contribution is -2.20. The van der Waals surface area contributed by atoms with Gasteiger partial charge in [-0.2, -0.15) is 0 Å². The maximum Gasteiger partial charge on any atom is 0.336 e. The lowest BCUT2D eigenvalue weighted by Gasteiger charge is -2.03. The molecular weight excluding hydrogens is 218 g/mol. The Hall–Kier alpha value is -1.69. The zero-order chi connectivity index (χ0) is 11.4. The Bertz CT molecular complexity index is 430. The largest absolute Gasteiger partial charge is 0.478 e. The smallest absolute Gasteiger partial charge is 0.336 e. The van der Waals surface area contributed by atoms with Crippen molar-refractivity contribution in [2.24, 2.45) is 5.73 Å². The molecule has 0 fully saturated rings. The predicted octanol–water partition coefficient (Wildman–Crippen LogP) is -0.0223. The van der Waals surface area contributed by atoms with Crippen molar-refractivity contribution in [3.63, 3.8) is 0 Å². The molecule has 0 bridgehead atoms. The molecule has 1 atom stereocenters. The summed E-state index contributed by atoms with van der Waals surface area (Å²) in [5.41, 5.74) is 4.81. The highest BCUT2D eigenvalue weighted by atomic mass is 32.2. The third-order valence-electron chi connectivity index (χ3n) is 1.64. The van der Waals surface area contributed by atoms with Crippen molar-refractivity contribution >= 4 is 22.7 Å². The monoisotopic (exact) mass is 227 g/mol. The molecule has 1 aromatic carbocycles. The number of amides is 1. The first-order valence-corrected chi connectivity index (χ1v) is 5.33. The van der Waals surface area contributed by atoms with Gasteiger partial charge in [0.1, 0.15) is 5.75 Å². The molecule has 1 aromatic rings. The zero-order valence-electron chi connectivity index (χ0n) is 7.67. The van der Waals surface area contributed by atoms with E-state index in [0.29, 0.717) is 0 Å². The number of carbonyl (C=O) groups is 2. The fourth-order valence-electron chi connectivity index (χ4n) is 1.05. The molecule has 0 saturated carbocycles. The lowest BCUT2D eigenvalue weighted by molar-refractivity contribution is -0.115. The van der Waals surface area contributed by atoms with E-state index in [1.54, 1.807) is 6.07 Å². The fraction of sp³-hybridized carbons (Fsp3) is 0.111. The summed E-state index contributed by atoms with van der Waals surface area (Å²) in [6, 6.07) is 5.81. The summed E-state index contributed by atoms with van der Waals surface area (Å²) in [7, 11) is -1.70. The molecule has 0 radical (unpaired) electrons. The highest BCUT2D eigenvalue weighted by Gasteiger charge is 2.15. The average molecular weight is 227 g/mol. The van der Waals surface area contributed by atoms with Crippen LogP contribution in [0, 0.1) is 0 Å². The summed E-state index contributed by atoms with van der Waals surface area (Å²) in [6.07, 6.45) is 0. The summed E-state index contributed by atoms with van der Waals surface area (Å²) in [4.78, 5) is 21.4. The first-order valence-electron chi connectivity index (χ1n) is 4.01. The SMILES string of the molecule is NC(=O)C[S@](=O)c1ccccc1C(=O)O. The van der Waals surface area contributed by atoms with Crippen LogP contribution in [0.3, 0.4) is 0 Å². The number of aromatic carboxylic acids is 1. The van der Waals surface area contributed by atoms with E-state index in [-0.39, 0.29) is 16.2 Å². The second kappa shape index (κ2) is 4.70. The molecule has 0 heterocycles. The molecule has 1 amide bonds. The molecule has 1 rings (SSSR count). The third kappa shape index (κ3) is 2.88. The van der Waals surface area contributed by atoms with Crippen LogP contribution in [-0.4, -0.2) is 26.9 Å². The molecule has 3 N–H and O–H groups in total. The number of rotatable bonds is 4. The molecule has 0 aliphatic rings. The predicted molar refractivity (Wildman–Crippen MR) is 53.9 cm³/mol. The Balaban J connectivity index is 3.08. The van der Waals surface area contributed by atoms with Gasteiger partial charge in [0, 0.05) is 0 Å². The zero-order valence-corrected chi connectivity index (χ0v) is 8.49. The maximum absolute atomic E-state index is 11.5. The second-order valence-electron chi connectivity index (χ2n) is 2.76. The molecule has 0 aromatic heterocycles. The van der Waals surface area contributed by atoms with Gasteiger partial charge in [0.15, 0.2) is 0 Å². The van der Waals surface area contributed by atoms with Crippen LogP contribution in [0.4, 0.5) is 0 Å². The molecule has 0 unspecified atom stereocenters. The van der Waals surface area contributed by atoms with Gasteiger partial charge in [-0.25, -0.2) is 4.79 Å². The van der Waals surface area contributed by atoms with Gasteiger partial charge in [-0.3, -0.25) is 9.00 Å². The van der Waals surface area contributed by atoms with E-state index < -0.39 is 22.7 Å². The van der Waals surface area contributed by atoms with Gasteiger partial charge >= 0.3 is 5.97 Å². The molecule has 0 saturated heterocycles. The minimum absolute atomic E-state index is 0.0721. The van der Waals surface area contributed by atoms with Crippen molar-refractivity contribution < 1.29 is 18.9 Å². The first kappa shape index (κ1) is 11.4. The summed E-state index contributed by atoms with van der Waals surface area (Å²) >= 11 is 0. The normalized spacial score (nSPS) is 12.0. The van der Waals surface area contributed by atoms with Crippen LogP contribution in [0.2, 0.25) is 0 Å².